The Bertz CT molecular complexity index is 128. The predicted octanol–water partition coefficient (Wildman–Crippen LogP) is 1.50. The number of carboxylic acids is 1. The van der Waals surface area contributed by atoms with Crippen molar-refractivity contribution in [3.05, 3.63) is 0 Å². The van der Waals surface area contributed by atoms with Crippen molar-refractivity contribution < 1.29 is 9.90 Å². The summed E-state index contributed by atoms with van der Waals surface area (Å²) in [6.45, 7) is 4.41. The molecule has 0 amide bonds. The Morgan fingerprint density at radius 2 is 1.92 bits per heavy atom. The third-order valence-electron chi connectivity index (χ3n) is 1.73. The molecule has 74 valence electrons. The van der Waals surface area contributed by atoms with E-state index >= 15 is 0 Å². The molecule has 0 radical (unpaired) electrons. The normalized spacial score (nSPS) is 12.3. The first-order valence-corrected chi connectivity index (χ1v) is 4.00. The van der Waals surface area contributed by atoms with Crippen LogP contribution in [0.5, 0.6) is 0 Å². The molecule has 1 atom stereocenters. The van der Waals surface area contributed by atoms with Crippen LogP contribution in [0.3, 0.4) is 0 Å². The molecule has 0 aliphatic carbocycles. The molecule has 0 aliphatic heterocycles. The predicted molar refractivity (Wildman–Crippen MR) is 51.5 cm³/mol. The molecule has 0 heterocycles. The second kappa shape index (κ2) is 7.37. The third-order valence-corrected chi connectivity index (χ3v) is 1.73. The van der Waals surface area contributed by atoms with E-state index in [0.29, 0.717) is 12.3 Å². The molecule has 0 aliphatic rings. The standard InChI is InChI=1S/C8H17NO2.ClH/c1-6(2)3-4-7(5-9)8(10)11;/h6-7H,3-5,9H2,1-2H3,(H,10,11);1H. The maximum absolute atomic E-state index is 10.5. The molecular formula is C8H18ClNO2. The van der Waals surface area contributed by atoms with Gasteiger partial charge in [0.25, 0.3) is 0 Å². The van der Waals surface area contributed by atoms with E-state index in [-0.39, 0.29) is 24.9 Å². The van der Waals surface area contributed by atoms with Crippen LogP contribution in [0.4, 0.5) is 0 Å². The van der Waals surface area contributed by atoms with Gasteiger partial charge in [-0.25, -0.2) is 0 Å². The number of hydrogen-bond donors (Lipinski definition) is 2. The Labute approximate surface area is 79.7 Å². The van der Waals surface area contributed by atoms with Crippen LogP contribution in [0.1, 0.15) is 26.7 Å². The van der Waals surface area contributed by atoms with Crippen molar-refractivity contribution >= 4 is 18.4 Å². The highest BCUT2D eigenvalue weighted by atomic mass is 35.5. The first-order chi connectivity index (χ1) is 5.07. The Balaban J connectivity index is 0. The van der Waals surface area contributed by atoms with Gasteiger partial charge in [-0.3, -0.25) is 4.79 Å². The maximum Gasteiger partial charge on any atom is 0.307 e. The molecular weight excluding hydrogens is 178 g/mol. The molecule has 3 N–H and O–H groups in total. The average molecular weight is 196 g/mol. The van der Waals surface area contributed by atoms with Gasteiger partial charge < -0.3 is 10.8 Å². The lowest BCUT2D eigenvalue weighted by atomic mass is 9.98. The molecule has 0 aromatic heterocycles. The van der Waals surface area contributed by atoms with Gasteiger partial charge in [0.15, 0.2) is 0 Å². The number of halogens is 1. The van der Waals surface area contributed by atoms with Crippen molar-refractivity contribution in [1.29, 1.82) is 0 Å². The second-order valence-electron chi connectivity index (χ2n) is 3.24. The molecule has 0 fully saturated rings. The van der Waals surface area contributed by atoms with Crippen LogP contribution in [0.2, 0.25) is 0 Å². The SMILES string of the molecule is CC(C)CCC(CN)C(=O)O.Cl. The summed E-state index contributed by atoms with van der Waals surface area (Å²) in [5.74, 6) is -0.561. The van der Waals surface area contributed by atoms with Gasteiger partial charge in [0.2, 0.25) is 0 Å². The largest absolute Gasteiger partial charge is 0.481 e. The molecule has 0 aromatic rings. The van der Waals surface area contributed by atoms with Crippen LogP contribution in [0.25, 0.3) is 0 Å². The summed E-state index contributed by atoms with van der Waals surface area (Å²) in [6.07, 6.45) is 1.64. The molecule has 0 bridgehead atoms. The van der Waals surface area contributed by atoms with Gasteiger partial charge in [-0.05, 0) is 12.3 Å². The Morgan fingerprint density at radius 3 is 2.17 bits per heavy atom. The number of carboxylic acid groups (broad SMARTS) is 1. The summed E-state index contributed by atoms with van der Waals surface area (Å²) in [6, 6.07) is 0. The van der Waals surface area contributed by atoms with Crippen LogP contribution < -0.4 is 5.73 Å². The fraction of sp³-hybridized carbons (Fsp3) is 0.875. The second-order valence-corrected chi connectivity index (χ2v) is 3.24. The lowest BCUT2D eigenvalue weighted by Gasteiger charge is -2.10. The van der Waals surface area contributed by atoms with E-state index in [0.717, 1.165) is 6.42 Å². The zero-order valence-corrected chi connectivity index (χ0v) is 8.43. The third kappa shape index (κ3) is 6.43. The molecule has 0 saturated carbocycles. The van der Waals surface area contributed by atoms with Crippen LogP contribution in [0.15, 0.2) is 0 Å². The number of nitrogens with two attached hydrogens (primary N) is 1. The summed E-state index contributed by atoms with van der Waals surface area (Å²) >= 11 is 0. The van der Waals surface area contributed by atoms with E-state index in [4.69, 9.17) is 10.8 Å². The fourth-order valence-electron chi connectivity index (χ4n) is 0.877. The minimum atomic E-state index is -0.770. The summed E-state index contributed by atoms with van der Waals surface area (Å²) in [5.41, 5.74) is 5.28. The van der Waals surface area contributed by atoms with Crippen molar-refractivity contribution in [3.63, 3.8) is 0 Å². The fourth-order valence-corrected chi connectivity index (χ4v) is 0.877. The monoisotopic (exact) mass is 195 g/mol. The summed E-state index contributed by atoms with van der Waals surface area (Å²) in [7, 11) is 0. The van der Waals surface area contributed by atoms with E-state index < -0.39 is 5.97 Å². The van der Waals surface area contributed by atoms with E-state index in [1.165, 1.54) is 0 Å². The van der Waals surface area contributed by atoms with Crippen molar-refractivity contribution in [2.75, 3.05) is 6.54 Å². The number of hydrogen-bond acceptors (Lipinski definition) is 2. The molecule has 12 heavy (non-hydrogen) atoms. The molecule has 4 heteroatoms. The topological polar surface area (TPSA) is 63.3 Å². The highest BCUT2D eigenvalue weighted by Crippen LogP contribution is 2.10. The molecule has 0 spiro atoms. The zero-order chi connectivity index (χ0) is 8.85. The lowest BCUT2D eigenvalue weighted by molar-refractivity contribution is -0.141. The summed E-state index contributed by atoms with van der Waals surface area (Å²) in [5, 5.41) is 8.61. The van der Waals surface area contributed by atoms with Gasteiger partial charge in [-0.1, -0.05) is 20.3 Å². The summed E-state index contributed by atoms with van der Waals surface area (Å²) in [4.78, 5) is 10.5. The van der Waals surface area contributed by atoms with Crippen LogP contribution >= 0.6 is 12.4 Å². The van der Waals surface area contributed by atoms with Gasteiger partial charge in [-0.15, -0.1) is 12.4 Å². The van der Waals surface area contributed by atoms with E-state index in [2.05, 4.69) is 13.8 Å². The molecule has 3 nitrogen and oxygen atoms in total. The molecule has 0 rings (SSSR count). The Hall–Kier alpha value is -0.280. The Kier molecular flexibility index (Phi) is 8.76. The van der Waals surface area contributed by atoms with Gasteiger partial charge in [0.1, 0.15) is 0 Å². The highest BCUT2D eigenvalue weighted by Gasteiger charge is 2.14. The van der Waals surface area contributed by atoms with E-state index in [1.807, 2.05) is 0 Å². The van der Waals surface area contributed by atoms with Crippen molar-refractivity contribution in [1.82, 2.24) is 0 Å². The summed E-state index contributed by atoms with van der Waals surface area (Å²) < 4.78 is 0. The molecule has 0 aromatic carbocycles. The maximum atomic E-state index is 10.5. The minimum Gasteiger partial charge on any atom is -0.481 e. The van der Waals surface area contributed by atoms with Gasteiger partial charge in [-0.2, -0.15) is 0 Å². The Morgan fingerprint density at radius 1 is 1.42 bits per heavy atom. The highest BCUT2D eigenvalue weighted by molar-refractivity contribution is 5.85. The van der Waals surface area contributed by atoms with Crippen LogP contribution in [-0.4, -0.2) is 17.6 Å². The number of aliphatic carboxylic acids is 1. The smallest absolute Gasteiger partial charge is 0.307 e. The van der Waals surface area contributed by atoms with Crippen molar-refractivity contribution in [2.24, 2.45) is 17.6 Å². The van der Waals surface area contributed by atoms with Gasteiger partial charge in [0.05, 0.1) is 5.92 Å². The van der Waals surface area contributed by atoms with Crippen LogP contribution in [-0.2, 0) is 4.79 Å². The van der Waals surface area contributed by atoms with Crippen LogP contribution in [0, 0.1) is 11.8 Å². The minimum absolute atomic E-state index is 0. The van der Waals surface area contributed by atoms with Gasteiger partial charge >= 0.3 is 5.97 Å². The van der Waals surface area contributed by atoms with Crippen molar-refractivity contribution in [2.45, 2.75) is 26.7 Å². The van der Waals surface area contributed by atoms with Crippen molar-refractivity contribution in [3.8, 4) is 0 Å². The molecule has 1 unspecified atom stereocenters. The first-order valence-electron chi connectivity index (χ1n) is 4.00. The lowest BCUT2D eigenvalue weighted by Crippen LogP contribution is -2.23. The quantitative estimate of drug-likeness (QED) is 0.699. The number of carbonyl (C=O) groups is 1. The van der Waals surface area contributed by atoms with E-state index in [1.54, 1.807) is 0 Å². The average Bonchev–Trinajstić information content (AvgIpc) is 1.87. The first kappa shape index (κ1) is 14.3. The number of rotatable bonds is 5. The molecule has 0 saturated heterocycles. The zero-order valence-electron chi connectivity index (χ0n) is 7.62. The van der Waals surface area contributed by atoms with Gasteiger partial charge in [0, 0.05) is 6.54 Å². The van der Waals surface area contributed by atoms with E-state index in [9.17, 15) is 4.79 Å².